The lowest BCUT2D eigenvalue weighted by atomic mass is 10.1. The summed E-state index contributed by atoms with van der Waals surface area (Å²) < 4.78 is 11.1. The molecule has 4 heteroatoms. The van der Waals surface area contributed by atoms with Gasteiger partial charge in [0.1, 0.15) is 0 Å². The summed E-state index contributed by atoms with van der Waals surface area (Å²) in [5, 5.41) is 9.92. The molecular weight excluding hydrogens is 256 g/mol. The highest BCUT2D eigenvalue weighted by Gasteiger charge is 2.05. The van der Waals surface area contributed by atoms with Crippen molar-refractivity contribution in [3.8, 4) is 0 Å². The monoisotopic (exact) mass is 282 g/mol. The van der Waals surface area contributed by atoms with Crippen LogP contribution < -0.4 is 0 Å². The van der Waals surface area contributed by atoms with Crippen molar-refractivity contribution in [2.24, 2.45) is 0 Å². The van der Waals surface area contributed by atoms with Crippen LogP contribution in [0.2, 0.25) is 6.04 Å². The van der Waals surface area contributed by atoms with Crippen molar-refractivity contribution in [3.63, 3.8) is 0 Å². The normalized spacial score (nSPS) is 13.2. The summed E-state index contributed by atoms with van der Waals surface area (Å²) in [6, 6.07) is 11.0. The maximum Gasteiger partial charge on any atom is 0.161 e. The number of ether oxygens (including phenoxy) is 1. The lowest BCUT2D eigenvalue weighted by Crippen LogP contribution is -2.07. The molecule has 108 valence electrons. The molecule has 0 fully saturated rings. The Morgan fingerprint density at radius 2 is 1.95 bits per heavy atom. The van der Waals surface area contributed by atoms with Gasteiger partial charge in [-0.2, -0.15) is 0 Å². The molecule has 1 aromatic carbocycles. The van der Waals surface area contributed by atoms with Gasteiger partial charge in [0.2, 0.25) is 0 Å². The molecule has 1 atom stereocenters. The van der Waals surface area contributed by atoms with E-state index in [0.717, 1.165) is 25.2 Å². The Hall–Kier alpha value is -0.683. The van der Waals surface area contributed by atoms with Crippen LogP contribution in [-0.4, -0.2) is 34.7 Å². The smallest absolute Gasteiger partial charge is 0.161 e. The van der Waals surface area contributed by atoms with Gasteiger partial charge in [-0.25, -0.2) is 0 Å². The summed E-state index contributed by atoms with van der Waals surface area (Å²) in [6.07, 6.45) is 2.42. The molecule has 1 N–H and O–H groups in total. The van der Waals surface area contributed by atoms with Crippen molar-refractivity contribution in [1.82, 2.24) is 0 Å². The number of hydrogen-bond donors (Lipinski definition) is 1. The van der Waals surface area contributed by atoms with Gasteiger partial charge < -0.3 is 14.3 Å². The van der Waals surface area contributed by atoms with E-state index in [1.54, 1.807) is 0 Å². The molecule has 0 radical (unpaired) electrons. The summed E-state index contributed by atoms with van der Waals surface area (Å²) in [6.45, 7) is 4.34. The molecule has 0 saturated heterocycles. The van der Waals surface area contributed by atoms with Gasteiger partial charge in [0.15, 0.2) is 9.76 Å². The van der Waals surface area contributed by atoms with Crippen LogP contribution >= 0.6 is 0 Å². The van der Waals surface area contributed by atoms with E-state index in [4.69, 9.17) is 9.16 Å². The number of benzene rings is 1. The summed E-state index contributed by atoms with van der Waals surface area (Å²) in [5.74, 6) is 0. The van der Waals surface area contributed by atoms with Crippen LogP contribution in [0, 0.1) is 0 Å². The number of aliphatic hydroxyl groups excluding tert-OH is 1. The second-order valence-electron chi connectivity index (χ2n) is 4.65. The molecular formula is C15H26O3Si. The van der Waals surface area contributed by atoms with Crippen LogP contribution in [0.4, 0.5) is 0 Å². The first-order chi connectivity index (χ1) is 9.34. The summed E-state index contributed by atoms with van der Waals surface area (Å²) in [5.41, 5.74) is 0.958. The Bertz CT molecular complexity index is 306. The van der Waals surface area contributed by atoms with Gasteiger partial charge in [-0.1, -0.05) is 43.7 Å². The Morgan fingerprint density at radius 1 is 1.16 bits per heavy atom. The lowest BCUT2D eigenvalue weighted by Gasteiger charge is -2.11. The van der Waals surface area contributed by atoms with Crippen LogP contribution in [0.3, 0.4) is 0 Å². The second-order valence-corrected chi connectivity index (χ2v) is 6.17. The lowest BCUT2D eigenvalue weighted by molar-refractivity contribution is 0.0757. The zero-order chi connectivity index (χ0) is 13.8. The van der Waals surface area contributed by atoms with E-state index in [9.17, 15) is 5.11 Å². The zero-order valence-electron chi connectivity index (χ0n) is 11.9. The van der Waals surface area contributed by atoms with Crippen molar-refractivity contribution >= 4 is 9.76 Å². The quantitative estimate of drug-likeness (QED) is 0.500. The predicted octanol–water partition coefficient (Wildman–Crippen LogP) is 2.45. The van der Waals surface area contributed by atoms with E-state index in [-0.39, 0.29) is 9.76 Å². The van der Waals surface area contributed by atoms with Gasteiger partial charge in [-0.05, 0) is 18.0 Å². The predicted molar refractivity (Wildman–Crippen MR) is 81.0 cm³/mol. The van der Waals surface area contributed by atoms with E-state index in [1.807, 2.05) is 30.3 Å². The molecule has 0 aliphatic heterocycles. The third-order valence-corrected chi connectivity index (χ3v) is 4.51. The molecule has 0 spiro atoms. The summed E-state index contributed by atoms with van der Waals surface area (Å²) in [7, 11) is -0.272. The summed E-state index contributed by atoms with van der Waals surface area (Å²) in [4.78, 5) is 0. The Morgan fingerprint density at radius 3 is 2.68 bits per heavy atom. The van der Waals surface area contributed by atoms with Gasteiger partial charge in [0, 0.05) is 26.2 Å². The number of hydrogen-bond acceptors (Lipinski definition) is 3. The molecule has 0 bridgehead atoms. The molecule has 1 aromatic rings. The molecule has 0 heterocycles. The van der Waals surface area contributed by atoms with Crippen LogP contribution in [-0.2, 0) is 9.16 Å². The van der Waals surface area contributed by atoms with Crippen molar-refractivity contribution < 1.29 is 14.3 Å². The van der Waals surface area contributed by atoms with Gasteiger partial charge >= 0.3 is 0 Å². The van der Waals surface area contributed by atoms with Gasteiger partial charge in [0.05, 0.1) is 6.10 Å². The molecule has 0 aliphatic carbocycles. The topological polar surface area (TPSA) is 38.7 Å². The number of aliphatic hydroxyl groups is 1. The number of rotatable bonds is 11. The first kappa shape index (κ1) is 16.4. The Kier molecular flexibility index (Phi) is 9.62. The SMILES string of the molecule is CCC[SiH2]OCCCOCCC(O)c1ccccc1. The average molecular weight is 282 g/mol. The molecule has 3 nitrogen and oxygen atoms in total. The average Bonchev–Trinajstić information content (AvgIpc) is 2.46. The molecule has 19 heavy (non-hydrogen) atoms. The minimum atomic E-state index is -0.422. The van der Waals surface area contributed by atoms with Crippen LogP contribution in [0.15, 0.2) is 30.3 Å². The highest BCUT2D eigenvalue weighted by atomic mass is 28.2. The van der Waals surface area contributed by atoms with Crippen LogP contribution in [0.25, 0.3) is 0 Å². The molecule has 0 aromatic heterocycles. The first-order valence-electron chi connectivity index (χ1n) is 7.23. The van der Waals surface area contributed by atoms with Gasteiger partial charge in [-0.15, -0.1) is 0 Å². The van der Waals surface area contributed by atoms with Crippen molar-refractivity contribution in [2.45, 2.75) is 38.3 Å². The standard InChI is InChI=1S/C15H26O3Si/c1-2-13-19-18-11-6-10-17-12-9-15(16)14-7-4-3-5-8-14/h3-5,7-8,15-16H,2,6,9-13,19H2,1H3. The van der Waals surface area contributed by atoms with Crippen LogP contribution in [0.5, 0.6) is 0 Å². The van der Waals surface area contributed by atoms with Crippen molar-refractivity contribution in [2.75, 3.05) is 19.8 Å². The van der Waals surface area contributed by atoms with E-state index in [2.05, 4.69) is 6.92 Å². The molecule has 0 saturated carbocycles. The molecule has 1 unspecified atom stereocenters. The Balaban J connectivity index is 1.93. The fraction of sp³-hybridized carbons (Fsp3) is 0.600. The van der Waals surface area contributed by atoms with E-state index in [0.29, 0.717) is 13.0 Å². The van der Waals surface area contributed by atoms with Gasteiger partial charge in [0.25, 0.3) is 0 Å². The van der Waals surface area contributed by atoms with Crippen molar-refractivity contribution in [3.05, 3.63) is 35.9 Å². The van der Waals surface area contributed by atoms with E-state index < -0.39 is 6.10 Å². The summed E-state index contributed by atoms with van der Waals surface area (Å²) >= 11 is 0. The first-order valence-corrected chi connectivity index (χ1v) is 8.80. The molecule has 0 aliphatic rings. The third-order valence-electron chi connectivity index (χ3n) is 2.94. The zero-order valence-corrected chi connectivity index (χ0v) is 13.3. The fourth-order valence-electron chi connectivity index (χ4n) is 1.75. The Labute approximate surface area is 118 Å². The van der Waals surface area contributed by atoms with Crippen molar-refractivity contribution in [1.29, 1.82) is 0 Å². The third kappa shape index (κ3) is 8.16. The molecule has 0 amide bonds. The van der Waals surface area contributed by atoms with E-state index in [1.165, 1.54) is 12.5 Å². The van der Waals surface area contributed by atoms with Gasteiger partial charge in [-0.3, -0.25) is 0 Å². The maximum absolute atomic E-state index is 9.92. The second kappa shape index (κ2) is 11.2. The largest absolute Gasteiger partial charge is 0.424 e. The highest BCUT2D eigenvalue weighted by Crippen LogP contribution is 2.15. The van der Waals surface area contributed by atoms with Crippen LogP contribution in [0.1, 0.15) is 37.9 Å². The van der Waals surface area contributed by atoms with E-state index >= 15 is 0 Å². The maximum atomic E-state index is 9.92. The molecule has 1 rings (SSSR count). The minimum Gasteiger partial charge on any atom is -0.424 e. The fourth-order valence-corrected chi connectivity index (χ4v) is 2.65. The minimum absolute atomic E-state index is 0.272. The highest BCUT2D eigenvalue weighted by molar-refractivity contribution is 6.26.